The molecule has 2 nitrogen and oxygen atoms in total. The average molecular weight is 406 g/mol. The van der Waals surface area contributed by atoms with Crippen molar-refractivity contribution in [3.05, 3.63) is 51.0 Å². The van der Waals surface area contributed by atoms with Crippen LogP contribution in [-0.2, 0) is 25.3 Å². The minimum absolute atomic E-state index is 0. The van der Waals surface area contributed by atoms with Crippen LogP contribution in [0.25, 0.3) is 0 Å². The monoisotopic (exact) mass is 405 g/mol. The molecule has 1 aromatic carbocycles. The zero-order valence-electron chi connectivity index (χ0n) is 12.9. The summed E-state index contributed by atoms with van der Waals surface area (Å²) in [6, 6.07) is 1.57. The Morgan fingerprint density at radius 3 is 1.96 bits per heavy atom. The van der Waals surface area contributed by atoms with E-state index >= 15 is 0 Å². The maximum absolute atomic E-state index is 12.9. The third-order valence-electron chi connectivity index (χ3n) is 3.50. The zero-order valence-corrected chi connectivity index (χ0v) is 14.5. The van der Waals surface area contributed by atoms with Crippen molar-refractivity contribution < 1.29 is 48.4 Å². The van der Waals surface area contributed by atoms with Crippen molar-refractivity contribution in [2.75, 3.05) is 6.61 Å². The Morgan fingerprint density at radius 2 is 1.52 bits per heavy atom. The molecular formula is C15H14ClF6NOS. The highest BCUT2D eigenvalue weighted by atomic mass is 35.5. The van der Waals surface area contributed by atoms with Crippen molar-refractivity contribution in [2.45, 2.75) is 32.2 Å². The highest BCUT2D eigenvalue weighted by molar-refractivity contribution is 7.09. The van der Waals surface area contributed by atoms with Crippen LogP contribution in [0.5, 0.6) is 0 Å². The van der Waals surface area contributed by atoms with Crippen molar-refractivity contribution in [3.63, 3.8) is 0 Å². The first-order valence-electron chi connectivity index (χ1n) is 6.88. The van der Waals surface area contributed by atoms with Gasteiger partial charge in [0.15, 0.2) is 12.2 Å². The van der Waals surface area contributed by atoms with Gasteiger partial charge >= 0.3 is 12.4 Å². The third-order valence-corrected chi connectivity index (χ3v) is 4.64. The Balaban J connectivity index is 0.00000312. The van der Waals surface area contributed by atoms with E-state index in [1.54, 1.807) is 17.0 Å². The van der Waals surface area contributed by atoms with Gasteiger partial charge in [0.25, 0.3) is 0 Å². The summed E-state index contributed by atoms with van der Waals surface area (Å²) in [5.74, 6) is 0. The van der Waals surface area contributed by atoms with E-state index in [0.717, 1.165) is 17.0 Å². The fourth-order valence-corrected chi connectivity index (χ4v) is 3.24. The number of benzene rings is 1. The number of rotatable bonds is 4. The van der Waals surface area contributed by atoms with Gasteiger partial charge < -0.3 is 17.5 Å². The van der Waals surface area contributed by atoms with Gasteiger partial charge in [-0.25, -0.2) is 0 Å². The summed E-state index contributed by atoms with van der Waals surface area (Å²) in [7, 11) is 0. The fourth-order valence-electron chi connectivity index (χ4n) is 2.26. The standard InChI is InChI=1S/C15H14F6NOS.ClH/c1-9-13(2-3-23)24-8-22(9)7-10-4-11(14(16,17)18)6-12(5-10)15(19,20)21;/h4-6,8,23H,2-3,7H2,1H3;1H/q+1;/p-1. The lowest BCUT2D eigenvalue weighted by atomic mass is 10.0. The van der Waals surface area contributed by atoms with Gasteiger partial charge in [-0.2, -0.15) is 30.9 Å². The van der Waals surface area contributed by atoms with Crippen LogP contribution in [0.15, 0.2) is 23.7 Å². The molecule has 0 amide bonds. The molecule has 0 saturated heterocycles. The number of nitrogens with zero attached hydrogens (tertiary/aromatic N) is 1. The summed E-state index contributed by atoms with van der Waals surface area (Å²) >= 11 is 1.30. The summed E-state index contributed by atoms with van der Waals surface area (Å²) in [4.78, 5) is 0.834. The number of aliphatic hydroxyl groups excluding tert-OH is 1. The van der Waals surface area contributed by atoms with E-state index in [2.05, 4.69) is 0 Å². The molecular weight excluding hydrogens is 392 g/mol. The van der Waals surface area contributed by atoms with Crippen LogP contribution in [-0.4, -0.2) is 11.7 Å². The summed E-state index contributed by atoms with van der Waals surface area (Å²) in [6.45, 7) is 1.52. The number of thiazole rings is 1. The second-order valence-electron chi connectivity index (χ2n) is 5.25. The summed E-state index contributed by atoms with van der Waals surface area (Å²) < 4.78 is 78.7. The van der Waals surface area contributed by atoms with Gasteiger partial charge in [-0.05, 0) is 18.2 Å². The van der Waals surface area contributed by atoms with Crippen molar-refractivity contribution in [1.82, 2.24) is 0 Å². The summed E-state index contributed by atoms with van der Waals surface area (Å²) in [5, 5.41) is 8.94. The first kappa shape index (κ1) is 21.7. The first-order valence-corrected chi connectivity index (χ1v) is 7.76. The molecule has 1 aromatic heterocycles. The Kier molecular flexibility index (Phi) is 6.88. The molecule has 140 valence electrons. The van der Waals surface area contributed by atoms with Crippen LogP contribution in [0.3, 0.4) is 0 Å². The molecule has 0 radical (unpaired) electrons. The van der Waals surface area contributed by atoms with Crippen molar-refractivity contribution in [3.8, 4) is 0 Å². The van der Waals surface area contributed by atoms with Gasteiger partial charge in [-0.1, -0.05) is 11.3 Å². The first-order chi connectivity index (χ1) is 11.0. The molecule has 25 heavy (non-hydrogen) atoms. The molecule has 1 N–H and O–H groups in total. The van der Waals surface area contributed by atoms with Crippen molar-refractivity contribution >= 4 is 11.3 Å². The number of aromatic nitrogens is 1. The second kappa shape index (κ2) is 7.92. The van der Waals surface area contributed by atoms with Gasteiger partial charge in [0.1, 0.15) is 0 Å². The zero-order chi connectivity index (χ0) is 18.1. The van der Waals surface area contributed by atoms with Gasteiger partial charge in [0, 0.05) is 25.5 Å². The van der Waals surface area contributed by atoms with Crippen LogP contribution in [0.2, 0.25) is 0 Å². The highest BCUT2D eigenvalue weighted by Gasteiger charge is 2.37. The Morgan fingerprint density at radius 1 is 1.00 bits per heavy atom. The highest BCUT2D eigenvalue weighted by Crippen LogP contribution is 2.36. The fraction of sp³-hybridized carbons (Fsp3) is 0.400. The maximum atomic E-state index is 12.9. The lowest BCUT2D eigenvalue weighted by molar-refractivity contribution is -0.689. The number of alkyl halides is 6. The van der Waals surface area contributed by atoms with E-state index in [9.17, 15) is 26.3 Å². The van der Waals surface area contributed by atoms with Crippen LogP contribution < -0.4 is 17.0 Å². The van der Waals surface area contributed by atoms with Crippen LogP contribution in [0.1, 0.15) is 27.3 Å². The molecule has 0 saturated carbocycles. The topological polar surface area (TPSA) is 24.1 Å². The molecule has 2 rings (SSSR count). The largest absolute Gasteiger partial charge is 1.00 e. The molecule has 0 aliphatic heterocycles. The molecule has 0 aliphatic carbocycles. The van der Waals surface area contributed by atoms with Crippen molar-refractivity contribution in [2.24, 2.45) is 0 Å². The van der Waals surface area contributed by atoms with E-state index < -0.39 is 23.5 Å². The third kappa shape index (κ3) is 5.32. The lowest BCUT2D eigenvalue weighted by Crippen LogP contribution is -3.00. The second-order valence-corrected chi connectivity index (χ2v) is 6.19. The van der Waals surface area contributed by atoms with Crippen LogP contribution in [0, 0.1) is 6.92 Å². The number of aliphatic hydroxyl groups is 1. The summed E-state index contributed by atoms with van der Waals surface area (Å²) in [5.41, 5.74) is -0.403. The molecule has 0 fully saturated rings. The van der Waals surface area contributed by atoms with E-state index in [4.69, 9.17) is 5.11 Å². The quantitative estimate of drug-likeness (QED) is 0.595. The van der Waals surface area contributed by atoms with E-state index in [0.29, 0.717) is 12.1 Å². The molecule has 1 heterocycles. The molecule has 2 aromatic rings. The van der Waals surface area contributed by atoms with Crippen LogP contribution >= 0.6 is 11.3 Å². The van der Waals surface area contributed by atoms with Crippen LogP contribution in [0.4, 0.5) is 26.3 Å². The SMILES string of the molecule is Cc1c(CCO)sc[n+]1Cc1cc(C(F)(F)F)cc(C(F)(F)F)c1.[Cl-]. The Bertz CT molecular complexity index is 694. The Labute approximate surface area is 150 Å². The molecule has 0 bridgehead atoms. The van der Waals surface area contributed by atoms with E-state index in [-0.39, 0.29) is 37.2 Å². The number of halogens is 7. The minimum Gasteiger partial charge on any atom is -1.00 e. The van der Waals surface area contributed by atoms with Gasteiger partial charge in [0.2, 0.25) is 5.51 Å². The van der Waals surface area contributed by atoms with Gasteiger partial charge in [-0.3, -0.25) is 0 Å². The van der Waals surface area contributed by atoms with Crippen molar-refractivity contribution in [1.29, 1.82) is 0 Å². The molecule has 10 heteroatoms. The smallest absolute Gasteiger partial charge is 0.416 e. The molecule has 0 spiro atoms. The number of hydrogen-bond acceptors (Lipinski definition) is 2. The maximum Gasteiger partial charge on any atom is 0.416 e. The molecule has 0 unspecified atom stereocenters. The lowest BCUT2D eigenvalue weighted by Gasteiger charge is -2.13. The van der Waals surface area contributed by atoms with Gasteiger partial charge in [-0.15, -0.1) is 0 Å². The predicted molar refractivity (Wildman–Crippen MR) is 75.6 cm³/mol. The molecule has 0 atom stereocenters. The Hall–Kier alpha value is -1.32. The minimum atomic E-state index is -4.85. The average Bonchev–Trinajstić information content (AvgIpc) is 2.79. The van der Waals surface area contributed by atoms with Gasteiger partial charge in [0.05, 0.1) is 16.0 Å². The summed E-state index contributed by atoms with van der Waals surface area (Å²) in [6.07, 6.45) is -9.32. The normalized spacial score (nSPS) is 12.2. The number of hydrogen-bond donors (Lipinski definition) is 1. The predicted octanol–water partition coefficient (Wildman–Crippen LogP) is 0.969. The van der Waals surface area contributed by atoms with E-state index in [1.807, 2.05) is 0 Å². The molecule has 0 aliphatic rings. The van der Waals surface area contributed by atoms with E-state index in [1.165, 1.54) is 11.3 Å².